The summed E-state index contributed by atoms with van der Waals surface area (Å²) in [6, 6.07) is 13.8. The summed E-state index contributed by atoms with van der Waals surface area (Å²) in [5.41, 5.74) is 2.80. The Morgan fingerprint density at radius 3 is 2.47 bits per heavy atom. The van der Waals surface area contributed by atoms with Crippen LogP contribution in [0.5, 0.6) is 5.75 Å². The second kappa shape index (κ2) is 10.1. The molecule has 0 radical (unpaired) electrons. The molecule has 13 heteroatoms. The predicted molar refractivity (Wildman–Crippen MR) is 130 cm³/mol. The lowest BCUT2D eigenvalue weighted by Gasteiger charge is -2.10. The summed E-state index contributed by atoms with van der Waals surface area (Å²) in [5.74, 6) is -1.51. The highest BCUT2D eigenvalue weighted by Crippen LogP contribution is 2.16. The van der Waals surface area contributed by atoms with Crippen LogP contribution in [-0.4, -0.2) is 37.6 Å². The number of fused-ring (bicyclic) bond motifs is 2. The molecule has 0 aliphatic rings. The SMILES string of the molecule is Cn1c(=O)oc2ccc(CNC(=O)c3cc(C(=O)NCc4ccc(OC(F)F)cc4)n4nccc4n3)cc21. The minimum atomic E-state index is -2.93. The van der Waals surface area contributed by atoms with Gasteiger partial charge in [-0.3, -0.25) is 14.2 Å². The van der Waals surface area contributed by atoms with Gasteiger partial charge in [-0.15, -0.1) is 0 Å². The van der Waals surface area contributed by atoms with E-state index in [1.54, 1.807) is 43.4 Å². The minimum Gasteiger partial charge on any atom is -0.435 e. The number of alkyl halides is 2. The Bertz CT molecular complexity index is 1710. The summed E-state index contributed by atoms with van der Waals surface area (Å²) in [6.07, 6.45) is 1.45. The molecule has 2 amide bonds. The zero-order valence-electron chi connectivity index (χ0n) is 19.9. The van der Waals surface area contributed by atoms with E-state index in [1.165, 1.54) is 33.5 Å². The molecule has 0 aliphatic heterocycles. The topological polar surface area (TPSA) is 133 Å². The van der Waals surface area contributed by atoms with Crippen molar-refractivity contribution in [3.63, 3.8) is 0 Å². The fourth-order valence-electron chi connectivity index (χ4n) is 3.81. The lowest BCUT2D eigenvalue weighted by molar-refractivity contribution is -0.0498. The molecule has 3 heterocycles. The van der Waals surface area contributed by atoms with Crippen molar-refractivity contribution in [2.75, 3.05) is 0 Å². The van der Waals surface area contributed by atoms with Crippen molar-refractivity contribution >= 4 is 28.6 Å². The van der Waals surface area contributed by atoms with Gasteiger partial charge in [0.05, 0.1) is 11.7 Å². The van der Waals surface area contributed by atoms with Gasteiger partial charge in [0.25, 0.3) is 11.8 Å². The van der Waals surface area contributed by atoms with Crippen molar-refractivity contribution in [2.45, 2.75) is 19.7 Å². The van der Waals surface area contributed by atoms with E-state index in [-0.39, 0.29) is 30.2 Å². The Labute approximate surface area is 212 Å². The highest BCUT2D eigenvalue weighted by atomic mass is 19.3. The summed E-state index contributed by atoms with van der Waals surface area (Å²) in [6.45, 7) is -2.68. The van der Waals surface area contributed by atoms with Crippen LogP contribution in [0.4, 0.5) is 8.78 Å². The van der Waals surface area contributed by atoms with Gasteiger partial charge in [-0.25, -0.2) is 14.3 Å². The van der Waals surface area contributed by atoms with Crippen LogP contribution in [0.3, 0.4) is 0 Å². The second-order valence-corrected chi connectivity index (χ2v) is 8.24. The molecule has 0 unspecified atom stereocenters. The summed E-state index contributed by atoms with van der Waals surface area (Å²) >= 11 is 0. The number of hydrogen-bond acceptors (Lipinski definition) is 7. The van der Waals surface area contributed by atoms with E-state index in [0.29, 0.717) is 22.3 Å². The lowest BCUT2D eigenvalue weighted by Crippen LogP contribution is -2.28. The molecule has 2 N–H and O–H groups in total. The third kappa shape index (κ3) is 5.07. The minimum absolute atomic E-state index is 0.00634. The highest BCUT2D eigenvalue weighted by molar-refractivity contribution is 5.98. The number of oxazole rings is 1. The molecule has 3 aromatic heterocycles. The van der Waals surface area contributed by atoms with E-state index in [1.807, 2.05) is 0 Å². The number of amides is 2. The van der Waals surface area contributed by atoms with Crippen molar-refractivity contribution in [2.24, 2.45) is 7.05 Å². The number of benzene rings is 2. The maximum absolute atomic E-state index is 13.0. The Morgan fingerprint density at radius 1 is 1.00 bits per heavy atom. The number of hydrogen-bond donors (Lipinski definition) is 2. The molecule has 11 nitrogen and oxygen atoms in total. The lowest BCUT2D eigenvalue weighted by atomic mass is 10.2. The van der Waals surface area contributed by atoms with Crippen LogP contribution in [-0.2, 0) is 20.1 Å². The molecule has 5 rings (SSSR count). The normalized spacial score (nSPS) is 11.3. The molecular weight excluding hydrogens is 502 g/mol. The van der Waals surface area contributed by atoms with Gasteiger partial charge in [0.15, 0.2) is 11.2 Å². The first-order valence-electron chi connectivity index (χ1n) is 11.3. The van der Waals surface area contributed by atoms with Crippen LogP contribution in [0, 0.1) is 0 Å². The first kappa shape index (κ1) is 24.6. The average molecular weight is 522 g/mol. The largest absolute Gasteiger partial charge is 0.435 e. The van der Waals surface area contributed by atoms with Crippen molar-refractivity contribution in [3.05, 3.63) is 93.9 Å². The number of aryl methyl sites for hydroxylation is 1. The zero-order valence-corrected chi connectivity index (χ0v) is 19.9. The Kier molecular flexibility index (Phi) is 6.56. The number of rotatable bonds is 8. The molecule has 194 valence electrons. The fraction of sp³-hybridized carbons (Fsp3) is 0.160. The van der Waals surface area contributed by atoms with Gasteiger partial charge in [0.2, 0.25) is 0 Å². The van der Waals surface area contributed by atoms with E-state index in [2.05, 4.69) is 25.5 Å². The van der Waals surface area contributed by atoms with Crippen LogP contribution in [0.1, 0.15) is 32.1 Å². The van der Waals surface area contributed by atoms with Gasteiger partial charge in [-0.05, 0) is 35.4 Å². The van der Waals surface area contributed by atoms with Gasteiger partial charge < -0.3 is 19.8 Å². The first-order chi connectivity index (χ1) is 18.3. The number of halogens is 2. The Balaban J connectivity index is 1.29. The summed E-state index contributed by atoms with van der Waals surface area (Å²) in [5, 5.41) is 9.58. The third-order valence-corrected chi connectivity index (χ3v) is 5.74. The summed E-state index contributed by atoms with van der Waals surface area (Å²) in [7, 11) is 1.59. The van der Waals surface area contributed by atoms with Gasteiger partial charge in [-0.1, -0.05) is 18.2 Å². The van der Waals surface area contributed by atoms with Gasteiger partial charge >= 0.3 is 12.4 Å². The highest BCUT2D eigenvalue weighted by Gasteiger charge is 2.18. The molecule has 2 aromatic carbocycles. The molecule has 5 aromatic rings. The fourth-order valence-corrected chi connectivity index (χ4v) is 3.81. The molecule has 0 spiro atoms. The summed E-state index contributed by atoms with van der Waals surface area (Å²) < 4.78 is 36.8. The van der Waals surface area contributed by atoms with E-state index < -0.39 is 24.2 Å². The van der Waals surface area contributed by atoms with Crippen LogP contribution in [0.2, 0.25) is 0 Å². The number of nitrogens with zero attached hydrogens (tertiary/aromatic N) is 4. The van der Waals surface area contributed by atoms with E-state index in [0.717, 1.165) is 5.56 Å². The smallest absolute Gasteiger partial charge is 0.419 e. The van der Waals surface area contributed by atoms with E-state index in [9.17, 15) is 23.2 Å². The standard InChI is InChI=1S/C25H20F2N6O5/c1-32-18-10-15(4-7-20(18)38-25(32)36)13-28-22(34)17-11-19(33-21(31-17)8-9-30-33)23(35)29-12-14-2-5-16(6-3-14)37-24(26)27/h2-11,24H,12-13H2,1H3,(H,28,34)(H,29,35). The number of aromatic nitrogens is 4. The van der Waals surface area contributed by atoms with E-state index in [4.69, 9.17) is 4.42 Å². The first-order valence-corrected chi connectivity index (χ1v) is 11.3. The number of ether oxygens (including phenoxy) is 1. The van der Waals surface area contributed by atoms with Crippen LogP contribution >= 0.6 is 0 Å². The molecule has 0 atom stereocenters. The molecule has 0 aliphatic carbocycles. The predicted octanol–water partition coefficient (Wildman–Crippen LogP) is 2.64. The maximum Gasteiger partial charge on any atom is 0.419 e. The zero-order chi connectivity index (χ0) is 26.8. The molecule has 0 saturated carbocycles. The number of carbonyl (C=O) groups is 2. The molecule has 0 saturated heterocycles. The number of carbonyl (C=O) groups excluding carboxylic acids is 2. The monoisotopic (exact) mass is 522 g/mol. The van der Waals surface area contributed by atoms with Gasteiger partial charge in [-0.2, -0.15) is 13.9 Å². The van der Waals surface area contributed by atoms with Crippen molar-refractivity contribution < 1.29 is 27.5 Å². The summed E-state index contributed by atoms with van der Waals surface area (Å²) in [4.78, 5) is 41.8. The van der Waals surface area contributed by atoms with Crippen molar-refractivity contribution in [3.8, 4) is 5.75 Å². The van der Waals surface area contributed by atoms with Crippen molar-refractivity contribution in [1.82, 2.24) is 29.8 Å². The average Bonchev–Trinajstić information content (AvgIpc) is 3.49. The second-order valence-electron chi connectivity index (χ2n) is 8.24. The quantitative estimate of drug-likeness (QED) is 0.320. The molecular formula is C25H20F2N6O5. The number of nitrogens with one attached hydrogen (secondary N) is 2. The third-order valence-electron chi connectivity index (χ3n) is 5.74. The maximum atomic E-state index is 13.0. The molecule has 0 fully saturated rings. The molecule has 0 bridgehead atoms. The Hall–Kier alpha value is -5.07. The Morgan fingerprint density at radius 2 is 1.71 bits per heavy atom. The van der Waals surface area contributed by atoms with Gasteiger partial charge in [0.1, 0.15) is 17.1 Å². The van der Waals surface area contributed by atoms with Crippen molar-refractivity contribution in [1.29, 1.82) is 0 Å². The van der Waals surface area contributed by atoms with E-state index >= 15 is 0 Å². The van der Waals surface area contributed by atoms with Crippen LogP contribution in [0.15, 0.2) is 70.0 Å². The van der Waals surface area contributed by atoms with Crippen LogP contribution < -0.4 is 21.1 Å². The molecule has 38 heavy (non-hydrogen) atoms. The van der Waals surface area contributed by atoms with Crippen LogP contribution in [0.25, 0.3) is 16.7 Å². The van der Waals surface area contributed by atoms with Gasteiger partial charge in [0, 0.05) is 32.3 Å².